The van der Waals surface area contributed by atoms with Gasteiger partial charge >= 0.3 is 5.97 Å². The van der Waals surface area contributed by atoms with Crippen LogP contribution in [0.5, 0.6) is 0 Å². The molecule has 2 aliphatic rings. The highest BCUT2D eigenvalue weighted by molar-refractivity contribution is 7.09. The van der Waals surface area contributed by atoms with Gasteiger partial charge in [0.25, 0.3) is 11.8 Å². The van der Waals surface area contributed by atoms with E-state index in [-0.39, 0.29) is 37.8 Å². The zero-order chi connectivity index (χ0) is 29.5. The number of allylic oxidation sites excluding steroid dienone is 1. The lowest BCUT2D eigenvalue weighted by atomic mass is 9.87. The van der Waals surface area contributed by atoms with E-state index in [1.54, 1.807) is 5.38 Å². The van der Waals surface area contributed by atoms with Gasteiger partial charge in [-0.2, -0.15) is 0 Å². The summed E-state index contributed by atoms with van der Waals surface area (Å²) >= 11 is 1.39. The summed E-state index contributed by atoms with van der Waals surface area (Å²) in [6.07, 6.45) is 6.44. The van der Waals surface area contributed by atoms with Crippen LogP contribution in [0.1, 0.15) is 85.1 Å². The van der Waals surface area contributed by atoms with Crippen molar-refractivity contribution < 1.29 is 26.8 Å². The number of carbonyl (C=O) groups is 4. The van der Waals surface area contributed by atoms with Crippen LogP contribution in [0.3, 0.4) is 0 Å². The Balaban J connectivity index is 0.00000210. The molecule has 2 heterocycles. The summed E-state index contributed by atoms with van der Waals surface area (Å²) in [7, 11) is 1.16. The first-order valence-corrected chi connectivity index (χ1v) is 13.9. The third kappa shape index (κ3) is 10.1. The number of ether oxygens (including phenoxy) is 1. The molecule has 1 radical (unpaired) electrons. The van der Waals surface area contributed by atoms with Crippen LogP contribution in [-0.4, -0.2) is 53.3 Å². The molecule has 1 saturated heterocycles. The van der Waals surface area contributed by atoms with Crippen LogP contribution in [0.25, 0.3) is 0 Å². The number of hydrogen-bond donors (Lipinski definition) is 2. The van der Waals surface area contributed by atoms with Crippen molar-refractivity contribution in [2.75, 3.05) is 13.7 Å². The van der Waals surface area contributed by atoms with E-state index in [1.807, 2.05) is 17.4 Å². The Bertz CT molecular complexity index is 1150. The van der Waals surface area contributed by atoms with Gasteiger partial charge in [0, 0.05) is 38.7 Å². The molecule has 3 rings (SSSR count). The van der Waals surface area contributed by atoms with E-state index < -0.39 is 17.8 Å². The fourth-order valence-electron chi connectivity index (χ4n) is 3.88. The zero-order valence-corrected chi connectivity index (χ0v) is 24.9. The first-order chi connectivity index (χ1) is 18.1. The predicted molar refractivity (Wildman–Crippen MR) is 157 cm³/mol. The Hall–Kier alpha value is -3.27. The van der Waals surface area contributed by atoms with Crippen molar-refractivity contribution in [1.29, 1.82) is 0 Å². The number of nitrogens with one attached hydrogen (secondary N) is 2. The maximum absolute atomic E-state index is 12.6. The molecule has 1 aromatic rings. The normalized spacial score (nSPS) is 19.3. The van der Waals surface area contributed by atoms with Crippen molar-refractivity contribution in [3.05, 3.63) is 58.7 Å². The summed E-state index contributed by atoms with van der Waals surface area (Å²) < 4.78 is 4.46. The molecule has 2 N–H and O–H groups in total. The standard InChI is InChI=1S/C24H29N4O5S.C5H12.2H2/c1-13-6-7-17(10-11-28(13)23(31)18-8-9-18)14(2)22-27-19(12-34-22)21(30)25-15(3)20(29)26-16(4)24(32)33-5;1-5(2,3)4;;/h8-9,12-14,17H,3-4,6-7,10-11H2,1-2,5H3,(H,25,30)(H,26,29);1-4H3;2*1H. The number of rotatable bonds is 8. The van der Waals surface area contributed by atoms with Gasteiger partial charge in [0.1, 0.15) is 11.4 Å². The molecule has 3 amide bonds. The maximum atomic E-state index is 12.6. The molecular formula is C29H45N4O5S. The molecule has 0 spiro atoms. The fourth-order valence-corrected chi connectivity index (χ4v) is 4.83. The van der Waals surface area contributed by atoms with E-state index in [9.17, 15) is 19.2 Å². The molecule has 3 unspecified atom stereocenters. The molecule has 1 aliphatic heterocycles. The van der Waals surface area contributed by atoms with Crippen LogP contribution in [0.4, 0.5) is 0 Å². The molecule has 39 heavy (non-hydrogen) atoms. The maximum Gasteiger partial charge on any atom is 0.353 e. The van der Waals surface area contributed by atoms with Crippen LogP contribution in [0.15, 0.2) is 41.6 Å². The minimum Gasteiger partial charge on any atom is -0.464 e. The quantitative estimate of drug-likeness (QED) is 0.341. The van der Waals surface area contributed by atoms with Crippen molar-refractivity contribution >= 4 is 35.0 Å². The lowest BCUT2D eigenvalue weighted by Gasteiger charge is -2.26. The van der Waals surface area contributed by atoms with Crippen LogP contribution in [0.2, 0.25) is 0 Å². The van der Waals surface area contributed by atoms with Crippen molar-refractivity contribution in [1.82, 2.24) is 20.5 Å². The number of likely N-dealkylation sites (tertiary alicyclic amines) is 1. The molecule has 0 bridgehead atoms. The molecule has 3 atom stereocenters. The average molecular weight is 562 g/mol. The number of methoxy groups -OCH3 is 1. The number of hydrogen-bond acceptors (Lipinski definition) is 7. The number of thiazole rings is 1. The summed E-state index contributed by atoms with van der Waals surface area (Å²) in [6, 6.07) is 0.185. The number of nitrogens with zero attached hydrogens (tertiary/aromatic N) is 2. The van der Waals surface area contributed by atoms with Crippen molar-refractivity contribution in [2.45, 2.75) is 72.8 Å². The predicted octanol–water partition coefficient (Wildman–Crippen LogP) is 5.00. The molecular weight excluding hydrogens is 516 g/mol. The highest BCUT2D eigenvalue weighted by atomic mass is 32.1. The highest BCUT2D eigenvalue weighted by Crippen LogP contribution is 2.36. The minimum atomic E-state index is -0.797. The Morgan fingerprint density at radius 1 is 1.13 bits per heavy atom. The van der Waals surface area contributed by atoms with E-state index in [1.165, 1.54) is 11.3 Å². The van der Waals surface area contributed by atoms with Crippen molar-refractivity contribution in [3.63, 3.8) is 0 Å². The van der Waals surface area contributed by atoms with Crippen LogP contribution >= 0.6 is 11.3 Å². The molecule has 0 saturated carbocycles. The Morgan fingerprint density at radius 3 is 2.31 bits per heavy atom. The highest BCUT2D eigenvalue weighted by Gasteiger charge is 2.33. The van der Waals surface area contributed by atoms with E-state index in [0.717, 1.165) is 37.0 Å². The van der Waals surface area contributed by atoms with E-state index in [2.05, 4.69) is 75.1 Å². The summed E-state index contributed by atoms with van der Waals surface area (Å²) in [4.78, 5) is 54.9. The SMILES string of the molecule is C=C(NC(=O)c1csc(C(C)C2CCC(C)N(C(=O)C3=C[CH]3)CC2)n1)C(=O)NC(=C)C(=O)OC.CC(C)(C)C.[HH].[HH]. The molecule has 1 aromatic heterocycles. The molecule has 10 heteroatoms. The lowest BCUT2D eigenvalue weighted by molar-refractivity contribution is -0.137. The minimum absolute atomic E-state index is 0. The average Bonchev–Trinajstić information content (AvgIpc) is 3.62. The van der Waals surface area contributed by atoms with Crippen LogP contribution in [0, 0.1) is 17.8 Å². The Labute approximate surface area is 238 Å². The molecule has 9 nitrogen and oxygen atoms in total. The van der Waals surface area contributed by atoms with Crippen LogP contribution < -0.4 is 10.6 Å². The lowest BCUT2D eigenvalue weighted by Crippen LogP contribution is -2.37. The Morgan fingerprint density at radius 2 is 1.74 bits per heavy atom. The Kier molecular flexibility index (Phi) is 11.2. The topological polar surface area (TPSA) is 118 Å². The zero-order valence-electron chi connectivity index (χ0n) is 24.1. The van der Waals surface area contributed by atoms with Gasteiger partial charge in [-0.15, -0.1) is 11.3 Å². The monoisotopic (exact) mass is 561 g/mol. The van der Waals surface area contributed by atoms with Gasteiger partial charge in [-0.05, 0) is 37.5 Å². The van der Waals surface area contributed by atoms with Gasteiger partial charge in [-0.25, -0.2) is 9.78 Å². The number of esters is 1. The van der Waals surface area contributed by atoms with E-state index >= 15 is 0 Å². The first kappa shape index (κ1) is 31.9. The third-order valence-electron chi connectivity index (χ3n) is 6.16. The van der Waals surface area contributed by atoms with Gasteiger partial charge in [0.2, 0.25) is 5.91 Å². The summed E-state index contributed by atoms with van der Waals surface area (Å²) in [5.74, 6) is -1.58. The van der Waals surface area contributed by atoms with E-state index in [0.29, 0.717) is 17.9 Å². The second-order valence-corrected chi connectivity index (χ2v) is 12.4. The largest absolute Gasteiger partial charge is 0.464 e. The van der Waals surface area contributed by atoms with Gasteiger partial charge in [-0.3, -0.25) is 14.4 Å². The second kappa shape index (κ2) is 13.7. The molecule has 0 aromatic carbocycles. The fraction of sp³-hybridized carbons (Fsp3) is 0.517. The van der Waals surface area contributed by atoms with Gasteiger partial charge in [0.15, 0.2) is 0 Å². The van der Waals surface area contributed by atoms with Gasteiger partial charge < -0.3 is 20.3 Å². The van der Waals surface area contributed by atoms with Crippen molar-refractivity contribution in [2.24, 2.45) is 11.3 Å². The summed E-state index contributed by atoms with van der Waals surface area (Å²) in [5, 5.41) is 7.08. The third-order valence-corrected chi connectivity index (χ3v) is 7.20. The smallest absolute Gasteiger partial charge is 0.353 e. The summed E-state index contributed by atoms with van der Waals surface area (Å²) in [5.41, 5.74) is 0.960. The second-order valence-electron chi connectivity index (χ2n) is 11.5. The number of carbonyl (C=O) groups excluding carboxylic acids is 4. The van der Waals surface area contributed by atoms with Crippen LogP contribution in [-0.2, 0) is 19.1 Å². The molecule has 1 aliphatic carbocycles. The molecule has 217 valence electrons. The van der Waals surface area contributed by atoms with Gasteiger partial charge in [0.05, 0.1) is 17.8 Å². The number of amides is 3. The summed E-state index contributed by atoms with van der Waals surface area (Å²) in [6.45, 7) is 20.6. The first-order valence-electron chi connectivity index (χ1n) is 13.0. The molecule has 1 fully saturated rings. The van der Waals surface area contributed by atoms with E-state index in [4.69, 9.17) is 0 Å². The van der Waals surface area contributed by atoms with Gasteiger partial charge in [-0.1, -0.05) is 53.9 Å². The number of aromatic nitrogens is 1. The van der Waals surface area contributed by atoms with Crippen molar-refractivity contribution in [3.8, 4) is 0 Å².